The van der Waals surface area contributed by atoms with Crippen LogP contribution in [0.15, 0.2) is 23.1 Å². The highest BCUT2D eigenvalue weighted by molar-refractivity contribution is 5.79. The van der Waals surface area contributed by atoms with Gasteiger partial charge in [0.1, 0.15) is 6.54 Å². The number of carboxylic acids is 1. The number of anilines is 1. The number of carbonyl (C=O) groups is 2. The number of nitro groups is 1. The first-order valence-electron chi connectivity index (χ1n) is 9.09. The molecule has 0 atom stereocenters. The van der Waals surface area contributed by atoms with Gasteiger partial charge in [-0.3, -0.25) is 29.1 Å². The topological polar surface area (TPSA) is 163 Å². The molecule has 2 N–H and O–H groups in total. The van der Waals surface area contributed by atoms with E-state index in [4.69, 9.17) is 4.74 Å². The molecule has 0 aliphatic rings. The number of methoxy groups -OCH3 is 2. The van der Waals surface area contributed by atoms with Gasteiger partial charge in [0.25, 0.3) is 5.56 Å². The maximum atomic E-state index is 12.9. The molecule has 0 saturated carbocycles. The van der Waals surface area contributed by atoms with Gasteiger partial charge >= 0.3 is 17.6 Å². The number of ether oxygens (including phenoxy) is 2. The number of hydrogen-bond donors (Lipinski definition) is 2. The molecule has 2 aromatic rings. The monoisotopic (exact) mass is 434 g/mol. The fourth-order valence-corrected chi connectivity index (χ4v) is 2.92. The quantitative estimate of drug-likeness (QED) is 0.335. The number of nitrogens with zero attached hydrogens (tertiary/aromatic N) is 3. The van der Waals surface area contributed by atoms with Crippen molar-refractivity contribution >= 4 is 23.4 Å². The number of nitrogens with one attached hydrogen (secondary N) is 1. The van der Waals surface area contributed by atoms with Gasteiger partial charge in [-0.15, -0.1) is 0 Å². The molecular weight excluding hydrogens is 412 g/mol. The molecule has 0 amide bonds. The van der Waals surface area contributed by atoms with Crippen molar-refractivity contribution in [1.82, 2.24) is 9.55 Å². The van der Waals surface area contributed by atoms with Crippen molar-refractivity contribution in [2.24, 2.45) is 0 Å². The Morgan fingerprint density at radius 1 is 1.32 bits per heavy atom. The predicted octanol–water partition coefficient (Wildman–Crippen LogP) is 1.45. The first-order valence-corrected chi connectivity index (χ1v) is 9.09. The van der Waals surface area contributed by atoms with Crippen molar-refractivity contribution in [3.63, 3.8) is 0 Å². The van der Waals surface area contributed by atoms with Crippen LogP contribution in [0.3, 0.4) is 0 Å². The molecule has 0 aliphatic heterocycles. The molecule has 166 valence electrons. The molecule has 0 aliphatic carbocycles. The molecular formula is C19H22N4O8. The standard InChI is InChI=1S/C19H22N4O8/c1-10(2)21-18-19(27)22(9-15(24)25)14(8-20-18)12-5-11(7-16(26)30-3)6-13(23(28)29)17(12)31-4/h5-6,8,10H,7,9H2,1-4H3,(H,20,21)(H,24,25). The molecule has 0 saturated heterocycles. The smallest absolute Gasteiger partial charge is 0.323 e. The van der Waals surface area contributed by atoms with Crippen molar-refractivity contribution in [2.45, 2.75) is 32.9 Å². The van der Waals surface area contributed by atoms with Gasteiger partial charge in [0.15, 0.2) is 5.82 Å². The van der Waals surface area contributed by atoms with Gasteiger partial charge in [-0.1, -0.05) is 0 Å². The van der Waals surface area contributed by atoms with Crippen LogP contribution in [0.1, 0.15) is 19.4 Å². The minimum atomic E-state index is -1.30. The number of aliphatic carboxylic acids is 1. The van der Waals surface area contributed by atoms with Gasteiger partial charge in [0, 0.05) is 17.7 Å². The number of hydrogen-bond acceptors (Lipinski definition) is 9. The van der Waals surface area contributed by atoms with Crippen LogP contribution in [0.5, 0.6) is 5.75 Å². The minimum absolute atomic E-state index is 0.0200. The van der Waals surface area contributed by atoms with Crippen molar-refractivity contribution in [1.29, 1.82) is 0 Å². The third-order valence-electron chi connectivity index (χ3n) is 4.16. The number of benzene rings is 1. The highest BCUT2D eigenvalue weighted by Crippen LogP contribution is 2.39. The van der Waals surface area contributed by atoms with Crippen LogP contribution in [0, 0.1) is 10.1 Å². The normalized spacial score (nSPS) is 10.6. The molecule has 0 fully saturated rings. The first-order chi connectivity index (χ1) is 14.6. The summed E-state index contributed by atoms with van der Waals surface area (Å²) in [6, 6.07) is 2.40. The van der Waals surface area contributed by atoms with E-state index in [1.165, 1.54) is 26.5 Å². The van der Waals surface area contributed by atoms with Crippen molar-refractivity contribution in [3.8, 4) is 17.0 Å². The Hall–Kier alpha value is -3.96. The summed E-state index contributed by atoms with van der Waals surface area (Å²) in [7, 11) is 2.38. The predicted molar refractivity (Wildman–Crippen MR) is 109 cm³/mol. The summed E-state index contributed by atoms with van der Waals surface area (Å²) in [5.74, 6) is -2.21. The second-order valence-electron chi connectivity index (χ2n) is 6.78. The zero-order chi connectivity index (χ0) is 23.3. The van der Waals surface area contributed by atoms with E-state index in [1.54, 1.807) is 13.8 Å². The number of esters is 1. The summed E-state index contributed by atoms with van der Waals surface area (Å²) in [5.41, 5.74) is -0.951. The molecule has 2 rings (SSSR count). The molecule has 0 bridgehead atoms. The summed E-state index contributed by atoms with van der Waals surface area (Å²) >= 11 is 0. The van der Waals surface area contributed by atoms with Crippen LogP contribution in [0.25, 0.3) is 11.3 Å². The number of rotatable bonds is 9. The maximum Gasteiger partial charge on any atom is 0.323 e. The molecule has 1 aromatic carbocycles. The number of nitro benzene ring substituents is 1. The van der Waals surface area contributed by atoms with Crippen LogP contribution >= 0.6 is 0 Å². The fourth-order valence-electron chi connectivity index (χ4n) is 2.92. The van der Waals surface area contributed by atoms with Gasteiger partial charge in [-0.2, -0.15) is 0 Å². The van der Waals surface area contributed by atoms with Crippen LogP contribution in [-0.4, -0.2) is 51.8 Å². The minimum Gasteiger partial charge on any atom is -0.490 e. The van der Waals surface area contributed by atoms with E-state index >= 15 is 0 Å². The molecule has 0 unspecified atom stereocenters. The number of aromatic nitrogens is 2. The largest absolute Gasteiger partial charge is 0.490 e. The van der Waals surface area contributed by atoms with E-state index in [1.807, 2.05) is 0 Å². The highest BCUT2D eigenvalue weighted by Gasteiger charge is 2.26. The third-order valence-corrected chi connectivity index (χ3v) is 4.16. The zero-order valence-electron chi connectivity index (χ0n) is 17.4. The fraction of sp³-hybridized carbons (Fsp3) is 0.368. The van der Waals surface area contributed by atoms with Crippen molar-refractivity contribution in [2.75, 3.05) is 19.5 Å². The van der Waals surface area contributed by atoms with Gasteiger partial charge < -0.3 is 19.9 Å². The lowest BCUT2D eigenvalue weighted by Gasteiger charge is -2.17. The van der Waals surface area contributed by atoms with Crippen molar-refractivity contribution in [3.05, 3.63) is 44.4 Å². The second kappa shape index (κ2) is 9.69. The van der Waals surface area contributed by atoms with E-state index in [-0.39, 0.29) is 40.9 Å². The second-order valence-corrected chi connectivity index (χ2v) is 6.78. The summed E-state index contributed by atoms with van der Waals surface area (Å²) in [6.45, 7) is 2.83. The van der Waals surface area contributed by atoms with E-state index in [9.17, 15) is 29.6 Å². The maximum absolute atomic E-state index is 12.9. The van der Waals surface area contributed by atoms with Crippen LogP contribution in [0.2, 0.25) is 0 Å². The average Bonchev–Trinajstić information content (AvgIpc) is 2.69. The van der Waals surface area contributed by atoms with E-state index < -0.39 is 34.7 Å². The summed E-state index contributed by atoms with van der Waals surface area (Å²) < 4.78 is 10.7. The number of carbonyl (C=O) groups excluding carboxylic acids is 1. The lowest BCUT2D eigenvalue weighted by molar-refractivity contribution is -0.385. The van der Waals surface area contributed by atoms with Crippen LogP contribution in [0.4, 0.5) is 11.5 Å². The Bertz CT molecular complexity index is 1080. The zero-order valence-corrected chi connectivity index (χ0v) is 17.4. The molecule has 1 heterocycles. The summed E-state index contributed by atoms with van der Waals surface area (Å²) in [6.07, 6.45) is 0.941. The Labute approximate surface area is 176 Å². The molecule has 0 radical (unpaired) electrons. The third kappa shape index (κ3) is 5.35. The lowest BCUT2D eigenvalue weighted by atomic mass is 10.0. The Kier molecular flexibility index (Phi) is 7.29. The average molecular weight is 434 g/mol. The van der Waals surface area contributed by atoms with Crippen molar-refractivity contribution < 1.29 is 29.1 Å². The highest BCUT2D eigenvalue weighted by atomic mass is 16.6. The summed E-state index contributed by atoms with van der Waals surface area (Å²) in [5, 5.41) is 23.7. The van der Waals surface area contributed by atoms with Gasteiger partial charge in [0.05, 0.1) is 37.5 Å². The molecule has 1 aromatic heterocycles. The Balaban J connectivity index is 2.84. The number of carboxylic acid groups (broad SMARTS) is 1. The SMILES string of the molecule is COC(=O)Cc1cc(-c2cnc(NC(C)C)c(=O)n2CC(=O)O)c(OC)c([N+](=O)[O-])c1. The van der Waals surface area contributed by atoms with Gasteiger partial charge in [-0.05, 0) is 25.5 Å². The van der Waals surface area contributed by atoms with E-state index in [0.29, 0.717) is 0 Å². The van der Waals surface area contributed by atoms with Gasteiger partial charge in [0.2, 0.25) is 5.75 Å². The summed E-state index contributed by atoms with van der Waals surface area (Å²) in [4.78, 5) is 51.0. The molecule has 12 heteroatoms. The molecule has 12 nitrogen and oxygen atoms in total. The van der Waals surface area contributed by atoms with E-state index in [0.717, 1.165) is 10.6 Å². The molecule has 0 spiro atoms. The lowest BCUT2D eigenvalue weighted by Crippen LogP contribution is -2.30. The van der Waals surface area contributed by atoms with Crippen LogP contribution < -0.4 is 15.6 Å². The molecule has 31 heavy (non-hydrogen) atoms. The first kappa shape index (κ1) is 23.3. The van der Waals surface area contributed by atoms with Crippen LogP contribution in [-0.2, 0) is 27.3 Å². The van der Waals surface area contributed by atoms with Gasteiger partial charge in [-0.25, -0.2) is 4.98 Å². The Morgan fingerprint density at radius 2 is 2.00 bits per heavy atom. The Morgan fingerprint density at radius 3 is 2.52 bits per heavy atom. The van der Waals surface area contributed by atoms with E-state index in [2.05, 4.69) is 15.0 Å².